The van der Waals surface area contributed by atoms with Crippen LogP contribution in [0.4, 0.5) is 0 Å². The van der Waals surface area contributed by atoms with Gasteiger partial charge < -0.3 is 15.6 Å². The number of carbonyl (C=O) groups is 2. The topological polar surface area (TPSA) is 113 Å². The zero-order valence-corrected chi connectivity index (χ0v) is 16.6. The van der Waals surface area contributed by atoms with Gasteiger partial charge >= 0.3 is 11.9 Å². The molecule has 0 radical (unpaired) electrons. The number of nitrogens with zero attached hydrogens (tertiary/aromatic N) is 1. The molecule has 0 aliphatic heterocycles. The summed E-state index contributed by atoms with van der Waals surface area (Å²) in [6.07, 6.45) is 0. The van der Waals surface area contributed by atoms with Gasteiger partial charge in [0, 0.05) is 5.92 Å². The van der Waals surface area contributed by atoms with Crippen molar-refractivity contribution in [3.63, 3.8) is 0 Å². The summed E-state index contributed by atoms with van der Waals surface area (Å²) >= 11 is 0. The molecule has 1 unspecified atom stereocenters. The van der Waals surface area contributed by atoms with Crippen LogP contribution in [0.15, 0.2) is 72.8 Å². The summed E-state index contributed by atoms with van der Waals surface area (Å²) in [4.78, 5) is 24.6. The molecule has 0 aromatic heterocycles. The fraction of sp³-hybridized carbons (Fsp3) is 0.160. The van der Waals surface area contributed by atoms with Crippen molar-refractivity contribution < 1.29 is 19.4 Å². The van der Waals surface area contributed by atoms with Gasteiger partial charge in [0.05, 0.1) is 17.7 Å². The minimum absolute atomic E-state index is 0.0245. The Morgan fingerprint density at radius 2 is 1.52 bits per heavy atom. The number of carbonyl (C=O) groups excluding carboxylic acids is 1. The molecule has 0 amide bonds. The van der Waals surface area contributed by atoms with E-state index in [4.69, 9.17) is 15.7 Å². The van der Waals surface area contributed by atoms with E-state index in [2.05, 4.69) is 0 Å². The third-order valence-electron chi connectivity index (χ3n) is 5.66. The summed E-state index contributed by atoms with van der Waals surface area (Å²) < 4.78 is 5.50. The van der Waals surface area contributed by atoms with E-state index in [1.807, 2.05) is 54.6 Å². The monoisotopic (exact) mass is 412 g/mol. The van der Waals surface area contributed by atoms with Gasteiger partial charge in [-0.1, -0.05) is 60.7 Å². The van der Waals surface area contributed by atoms with Crippen LogP contribution >= 0.6 is 0 Å². The Labute approximate surface area is 179 Å². The highest BCUT2D eigenvalue weighted by Crippen LogP contribution is 2.44. The fourth-order valence-corrected chi connectivity index (χ4v) is 4.07. The number of fused-ring (bicyclic) bond motifs is 3. The van der Waals surface area contributed by atoms with E-state index in [0.29, 0.717) is 11.1 Å². The van der Waals surface area contributed by atoms with Crippen LogP contribution in [0.3, 0.4) is 0 Å². The fourth-order valence-electron chi connectivity index (χ4n) is 4.07. The maximum atomic E-state index is 12.8. The van der Waals surface area contributed by atoms with Crippen LogP contribution < -0.4 is 5.73 Å². The highest BCUT2D eigenvalue weighted by atomic mass is 16.5. The van der Waals surface area contributed by atoms with E-state index in [1.165, 1.54) is 12.1 Å². The Bertz CT molecular complexity index is 1140. The Balaban J connectivity index is 1.54. The van der Waals surface area contributed by atoms with Crippen LogP contribution in [0.5, 0.6) is 0 Å². The smallest absolute Gasteiger partial charge is 0.322 e. The molecule has 2 atom stereocenters. The molecular formula is C25H20N2O4. The summed E-state index contributed by atoms with van der Waals surface area (Å²) in [7, 11) is 0. The quantitative estimate of drug-likeness (QED) is 0.472. The molecule has 4 rings (SSSR count). The predicted octanol–water partition coefficient (Wildman–Crippen LogP) is 3.61. The highest BCUT2D eigenvalue weighted by molar-refractivity contribution is 5.95. The van der Waals surface area contributed by atoms with Gasteiger partial charge in [-0.25, -0.2) is 0 Å². The first kappa shape index (κ1) is 20.3. The number of nitriles is 1. The number of rotatable bonds is 6. The van der Waals surface area contributed by atoms with Crippen molar-refractivity contribution in [3.8, 4) is 17.2 Å². The molecule has 3 aromatic rings. The van der Waals surface area contributed by atoms with Crippen molar-refractivity contribution in [2.45, 2.75) is 12.0 Å². The van der Waals surface area contributed by atoms with Crippen molar-refractivity contribution in [2.24, 2.45) is 11.7 Å². The molecule has 0 heterocycles. The second kappa shape index (κ2) is 8.42. The first-order valence-corrected chi connectivity index (χ1v) is 9.84. The van der Waals surface area contributed by atoms with Gasteiger partial charge in [-0.15, -0.1) is 0 Å². The second-order valence-corrected chi connectivity index (χ2v) is 7.43. The molecule has 6 nitrogen and oxygen atoms in total. The van der Waals surface area contributed by atoms with Crippen molar-refractivity contribution in [3.05, 3.63) is 95.1 Å². The molecule has 6 heteroatoms. The van der Waals surface area contributed by atoms with Gasteiger partial charge in [-0.05, 0) is 39.9 Å². The zero-order chi connectivity index (χ0) is 22.0. The lowest BCUT2D eigenvalue weighted by atomic mass is 9.93. The van der Waals surface area contributed by atoms with Crippen LogP contribution in [-0.2, 0) is 14.3 Å². The van der Waals surface area contributed by atoms with Crippen LogP contribution in [0, 0.1) is 17.2 Å². The minimum Gasteiger partial charge on any atom is -0.481 e. The number of hydrogen-bond donors (Lipinski definition) is 2. The average molecular weight is 412 g/mol. The number of benzene rings is 3. The lowest BCUT2D eigenvalue weighted by Gasteiger charge is -2.21. The van der Waals surface area contributed by atoms with Gasteiger partial charge in [-0.3, -0.25) is 9.59 Å². The number of nitrogens with two attached hydrogens (primary N) is 1. The Morgan fingerprint density at radius 1 is 0.968 bits per heavy atom. The first-order valence-electron chi connectivity index (χ1n) is 9.84. The molecule has 0 spiro atoms. The molecule has 0 fully saturated rings. The number of carboxylic acid groups (broad SMARTS) is 1. The van der Waals surface area contributed by atoms with Crippen molar-refractivity contribution in [2.75, 3.05) is 6.61 Å². The van der Waals surface area contributed by atoms with Gasteiger partial charge in [0.1, 0.15) is 6.61 Å². The van der Waals surface area contributed by atoms with E-state index in [9.17, 15) is 14.7 Å². The second-order valence-electron chi connectivity index (χ2n) is 7.43. The molecular weight excluding hydrogens is 392 g/mol. The number of ether oxygens (including phenoxy) is 1. The van der Waals surface area contributed by atoms with Crippen LogP contribution in [0.2, 0.25) is 0 Å². The summed E-state index contributed by atoms with van der Waals surface area (Å²) in [5.41, 5.74) is 11.2. The first-order chi connectivity index (χ1) is 15.0. The third kappa shape index (κ3) is 3.79. The van der Waals surface area contributed by atoms with E-state index in [1.54, 1.807) is 12.1 Å². The van der Waals surface area contributed by atoms with E-state index >= 15 is 0 Å². The molecule has 1 aliphatic carbocycles. The van der Waals surface area contributed by atoms with E-state index < -0.39 is 23.9 Å². The molecule has 0 bridgehead atoms. The normalized spacial score (nSPS) is 14.1. The minimum atomic E-state index is -1.56. The van der Waals surface area contributed by atoms with Gasteiger partial charge in [0.25, 0.3) is 0 Å². The van der Waals surface area contributed by atoms with E-state index in [0.717, 1.165) is 22.3 Å². The summed E-state index contributed by atoms with van der Waals surface area (Å²) in [5, 5.41) is 18.6. The van der Waals surface area contributed by atoms with Gasteiger partial charge in [-0.2, -0.15) is 5.26 Å². The summed E-state index contributed by atoms with van der Waals surface area (Å²) in [6.45, 7) is 0.0245. The zero-order valence-electron chi connectivity index (χ0n) is 16.6. The maximum Gasteiger partial charge on any atom is 0.322 e. The van der Waals surface area contributed by atoms with Crippen LogP contribution in [-0.4, -0.2) is 23.7 Å². The van der Waals surface area contributed by atoms with Crippen molar-refractivity contribution >= 4 is 11.9 Å². The maximum absolute atomic E-state index is 12.8. The molecule has 154 valence electrons. The number of carboxylic acids is 1. The number of hydrogen-bond acceptors (Lipinski definition) is 5. The molecule has 1 aliphatic rings. The molecule has 0 saturated carbocycles. The highest BCUT2D eigenvalue weighted by Gasteiger charge is 2.37. The number of aliphatic carboxylic acids is 1. The lowest BCUT2D eigenvalue weighted by molar-refractivity contribution is -0.160. The standard InChI is InChI=1S/C25H20N2O4/c26-13-15-9-11-16(12-10-15)23(27)22(24(28)29)25(30)31-14-21-19-7-3-1-5-17(19)18-6-2-4-8-20(18)21/h1-12,21-23H,14,27H2,(H,28,29)/t22-,23?/m1/s1. The largest absolute Gasteiger partial charge is 0.481 e. The predicted molar refractivity (Wildman–Crippen MR) is 114 cm³/mol. The van der Waals surface area contributed by atoms with Crippen molar-refractivity contribution in [1.82, 2.24) is 0 Å². The SMILES string of the molecule is N#Cc1ccc(C(N)[C@H](C(=O)O)C(=O)OCC2c3ccccc3-c3ccccc32)cc1. The average Bonchev–Trinajstić information content (AvgIpc) is 3.11. The van der Waals surface area contributed by atoms with Gasteiger partial charge in [0.15, 0.2) is 5.92 Å². The molecule has 3 N–H and O–H groups in total. The Hall–Kier alpha value is -3.95. The molecule has 3 aromatic carbocycles. The molecule has 31 heavy (non-hydrogen) atoms. The summed E-state index contributed by atoms with van der Waals surface area (Å²) in [5.74, 6) is -3.96. The van der Waals surface area contributed by atoms with E-state index in [-0.39, 0.29) is 12.5 Å². The summed E-state index contributed by atoms with van der Waals surface area (Å²) in [6, 6.07) is 22.9. The lowest BCUT2D eigenvalue weighted by Crippen LogP contribution is -2.36. The van der Waals surface area contributed by atoms with Gasteiger partial charge in [0.2, 0.25) is 0 Å². The van der Waals surface area contributed by atoms with Crippen LogP contribution in [0.25, 0.3) is 11.1 Å². The Kier molecular flexibility index (Phi) is 5.52. The van der Waals surface area contributed by atoms with Crippen molar-refractivity contribution in [1.29, 1.82) is 5.26 Å². The Morgan fingerprint density at radius 3 is 2.03 bits per heavy atom. The number of esters is 1. The third-order valence-corrected chi connectivity index (χ3v) is 5.66. The van der Waals surface area contributed by atoms with Crippen LogP contribution in [0.1, 0.15) is 34.2 Å². The molecule has 0 saturated heterocycles.